The summed E-state index contributed by atoms with van der Waals surface area (Å²) in [5.41, 5.74) is 1.32. The van der Waals surface area contributed by atoms with Crippen LogP contribution in [0.4, 0.5) is 0 Å². The Morgan fingerprint density at radius 2 is 2.08 bits per heavy atom. The van der Waals surface area contributed by atoms with Crippen molar-refractivity contribution in [2.45, 2.75) is 18.1 Å². The lowest BCUT2D eigenvalue weighted by Crippen LogP contribution is -2.24. The molecule has 2 fully saturated rings. The van der Waals surface area contributed by atoms with Gasteiger partial charge in [0.2, 0.25) is 0 Å². The van der Waals surface area contributed by atoms with Gasteiger partial charge in [0, 0.05) is 13.0 Å². The third kappa shape index (κ3) is 1.02. The van der Waals surface area contributed by atoms with Gasteiger partial charge in [-0.1, -0.05) is 30.3 Å². The van der Waals surface area contributed by atoms with Crippen LogP contribution in [0, 0.1) is 0 Å². The molecule has 0 unspecified atom stereocenters. The summed E-state index contributed by atoms with van der Waals surface area (Å²) in [6.45, 7) is 1.58. The van der Waals surface area contributed by atoms with E-state index in [0.717, 1.165) is 19.6 Å². The maximum atomic E-state index is 5.73. The van der Waals surface area contributed by atoms with Gasteiger partial charge in [0.15, 0.2) is 0 Å². The van der Waals surface area contributed by atoms with Crippen molar-refractivity contribution in [3.05, 3.63) is 35.9 Å². The maximum Gasteiger partial charge on any atom is 0.124 e. The molecule has 13 heavy (non-hydrogen) atoms. The Labute approximate surface area is 77.5 Å². The average Bonchev–Trinajstić information content (AvgIpc) is 2.94. The molecule has 1 aromatic carbocycles. The molecular formula is C11H12O2. The standard InChI is InChI=1S/C11H12O2/c1-2-4-9(5-3-1)11-6-7-12-8-10(11)13-11/h1-5,10H,6-8H2/t10-,11-/m1/s1. The lowest BCUT2D eigenvalue weighted by atomic mass is 9.91. The lowest BCUT2D eigenvalue weighted by molar-refractivity contribution is 0.0975. The first-order chi connectivity index (χ1) is 6.42. The summed E-state index contributed by atoms with van der Waals surface area (Å²) < 4.78 is 11.1. The Hall–Kier alpha value is -0.860. The summed E-state index contributed by atoms with van der Waals surface area (Å²) in [5, 5.41) is 0. The van der Waals surface area contributed by atoms with Gasteiger partial charge in [-0.2, -0.15) is 0 Å². The van der Waals surface area contributed by atoms with Crippen LogP contribution in [-0.4, -0.2) is 19.3 Å². The van der Waals surface area contributed by atoms with Gasteiger partial charge in [0.05, 0.1) is 6.61 Å². The van der Waals surface area contributed by atoms with Crippen LogP contribution in [0.2, 0.25) is 0 Å². The van der Waals surface area contributed by atoms with Gasteiger partial charge in [-0.25, -0.2) is 0 Å². The molecule has 0 saturated carbocycles. The van der Waals surface area contributed by atoms with Gasteiger partial charge in [-0.15, -0.1) is 0 Å². The van der Waals surface area contributed by atoms with Gasteiger partial charge in [-0.3, -0.25) is 0 Å². The molecule has 2 heterocycles. The van der Waals surface area contributed by atoms with E-state index in [2.05, 4.69) is 24.3 Å². The van der Waals surface area contributed by atoms with Crippen LogP contribution in [0.1, 0.15) is 12.0 Å². The van der Waals surface area contributed by atoms with Crippen molar-refractivity contribution in [3.8, 4) is 0 Å². The molecule has 0 bridgehead atoms. The second-order valence-corrected chi connectivity index (χ2v) is 3.69. The number of hydrogen-bond acceptors (Lipinski definition) is 2. The van der Waals surface area contributed by atoms with Crippen LogP contribution >= 0.6 is 0 Å². The lowest BCUT2D eigenvalue weighted by Gasteiger charge is -2.17. The molecule has 2 nitrogen and oxygen atoms in total. The number of benzene rings is 1. The van der Waals surface area contributed by atoms with Crippen LogP contribution < -0.4 is 0 Å². The summed E-state index contributed by atoms with van der Waals surface area (Å²) in [4.78, 5) is 0. The summed E-state index contributed by atoms with van der Waals surface area (Å²) in [5.74, 6) is 0. The topological polar surface area (TPSA) is 21.8 Å². The van der Waals surface area contributed by atoms with Gasteiger partial charge >= 0.3 is 0 Å². The minimum Gasteiger partial charge on any atom is -0.378 e. The predicted molar refractivity (Wildman–Crippen MR) is 48.4 cm³/mol. The first-order valence-corrected chi connectivity index (χ1v) is 4.73. The summed E-state index contributed by atoms with van der Waals surface area (Å²) >= 11 is 0. The highest BCUT2D eigenvalue weighted by molar-refractivity contribution is 5.29. The Morgan fingerprint density at radius 3 is 2.85 bits per heavy atom. The normalized spacial score (nSPS) is 36.8. The molecule has 0 N–H and O–H groups in total. The van der Waals surface area contributed by atoms with Crippen molar-refractivity contribution in [2.75, 3.05) is 13.2 Å². The summed E-state index contributed by atoms with van der Waals surface area (Å²) in [6, 6.07) is 10.5. The second-order valence-electron chi connectivity index (χ2n) is 3.69. The van der Waals surface area contributed by atoms with E-state index >= 15 is 0 Å². The molecule has 2 atom stereocenters. The molecule has 0 aliphatic carbocycles. The van der Waals surface area contributed by atoms with Crippen molar-refractivity contribution < 1.29 is 9.47 Å². The second kappa shape index (κ2) is 2.56. The fraction of sp³-hybridized carbons (Fsp3) is 0.455. The summed E-state index contributed by atoms with van der Waals surface area (Å²) in [6.07, 6.45) is 1.31. The third-order valence-electron chi connectivity index (χ3n) is 2.96. The average molecular weight is 176 g/mol. The van der Waals surface area contributed by atoms with E-state index in [1.807, 2.05) is 6.07 Å². The molecule has 0 aromatic heterocycles. The zero-order valence-electron chi connectivity index (χ0n) is 7.40. The van der Waals surface area contributed by atoms with Crippen LogP contribution in [0.5, 0.6) is 0 Å². The molecular weight excluding hydrogens is 164 g/mol. The van der Waals surface area contributed by atoms with Gasteiger partial charge < -0.3 is 9.47 Å². The SMILES string of the molecule is c1ccc([C@]23CCOC[C@H]2O3)cc1. The van der Waals surface area contributed by atoms with Crippen LogP contribution in [0.15, 0.2) is 30.3 Å². The quantitative estimate of drug-likeness (QED) is 0.607. The van der Waals surface area contributed by atoms with Gasteiger partial charge in [-0.05, 0) is 5.56 Å². The zero-order chi connectivity index (χ0) is 8.73. The fourth-order valence-electron chi connectivity index (χ4n) is 2.14. The molecule has 2 aliphatic rings. The molecule has 2 aliphatic heterocycles. The molecule has 3 rings (SSSR count). The van der Waals surface area contributed by atoms with Crippen LogP contribution in [0.25, 0.3) is 0 Å². The predicted octanol–water partition coefficient (Wildman–Crippen LogP) is 1.70. The van der Waals surface area contributed by atoms with E-state index in [1.165, 1.54) is 5.56 Å². The summed E-state index contributed by atoms with van der Waals surface area (Å²) in [7, 11) is 0. The highest BCUT2D eigenvalue weighted by Gasteiger charge is 2.59. The van der Waals surface area contributed by atoms with Crippen molar-refractivity contribution >= 4 is 0 Å². The number of epoxide rings is 1. The largest absolute Gasteiger partial charge is 0.378 e. The smallest absolute Gasteiger partial charge is 0.124 e. The van der Waals surface area contributed by atoms with Crippen molar-refractivity contribution in [3.63, 3.8) is 0 Å². The minimum atomic E-state index is 0.0134. The monoisotopic (exact) mass is 176 g/mol. The molecule has 0 amide bonds. The van der Waals surface area contributed by atoms with E-state index in [0.29, 0.717) is 6.10 Å². The van der Waals surface area contributed by atoms with Crippen molar-refractivity contribution in [1.82, 2.24) is 0 Å². The Morgan fingerprint density at radius 1 is 1.23 bits per heavy atom. The molecule has 68 valence electrons. The molecule has 0 spiro atoms. The van der Waals surface area contributed by atoms with Gasteiger partial charge in [0.25, 0.3) is 0 Å². The fourth-order valence-corrected chi connectivity index (χ4v) is 2.14. The van der Waals surface area contributed by atoms with Crippen molar-refractivity contribution in [1.29, 1.82) is 0 Å². The van der Waals surface area contributed by atoms with E-state index in [1.54, 1.807) is 0 Å². The Kier molecular flexibility index (Phi) is 1.49. The Bertz CT molecular complexity index is 309. The molecule has 2 saturated heterocycles. The van der Waals surface area contributed by atoms with Crippen molar-refractivity contribution in [2.24, 2.45) is 0 Å². The highest BCUT2D eigenvalue weighted by Crippen LogP contribution is 2.51. The number of hydrogen-bond donors (Lipinski definition) is 0. The number of ether oxygens (including phenoxy) is 2. The highest BCUT2D eigenvalue weighted by atomic mass is 16.6. The van der Waals surface area contributed by atoms with E-state index in [9.17, 15) is 0 Å². The third-order valence-corrected chi connectivity index (χ3v) is 2.96. The van der Waals surface area contributed by atoms with E-state index < -0.39 is 0 Å². The molecule has 2 heteroatoms. The number of fused-ring (bicyclic) bond motifs is 1. The van der Waals surface area contributed by atoms with E-state index in [4.69, 9.17) is 9.47 Å². The molecule has 0 radical (unpaired) electrons. The van der Waals surface area contributed by atoms with Gasteiger partial charge in [0.1, 0.15) is 11.7 Å². The zero-order valence-corrected chi connectivity index (χ0v) is 7.40. The first-order valence-electron chi connectivity index (χ1n) is 4.73. The molecule has 1 aromatic rings. The van der Waals surface area contributed by atoms with Crippen LogP contribution in [-0.2, 0) is 15.1 Å². The minimum absolute atomic E-state index is 0.0134. The first kappa shape index (κ1) is 7.54. The Balaban J connectivity index is 1.94. The van der Waals surface area contributed by atoms with E-state index in [-0.39, 0.29) is 5.60 Å². The number of rotatable bonds is 1. The van der Waals surface area contributed by atoms with Crippen LogP contribution in [0.3, 0.4) is 0 Å². The maximum absolute atomic E-state index is 5.73.